The van der Waals surface area contributed by atoms with Crippen molar-refractivity contribution < 1.29 is 25.2 Å². The van der Waals surface area contributed by atoms with Gasteiger partial charge in [-0.2, -0.15) is 0 Å². The van der Waals surface area contributed by atoms with E-state index in [0.29, 0.717) is 28.5 Å². The predicted molar refractivity (Wildman–Crippen MR) is 153 cm³/mol. The number of rotatable bonds is 4. The predicted octanol–water partition coefficient (Wildman–Crippen LogP) is 7.56. The molecule has 4 N–H and O–H groups in total. The highest BCUT2D eigenvalue weighted by Gasteiger charge is 2.45. The molecule has 5 rings (SSSR count). The smallest absolute Gasteiger partial charge is 0.193 e. The molecule has 0 saturated heterocycles. The minimum atomic E-state index is -0.139. The minimum absolute atomic E-state index is 0.0669. The summed E-state index contributed by atoms with van der Waals surface area (Å²) < 4.78 is 0. The van der Waals surface area contributed by atoms with Crippen LogP contribution in [0, 0.1) is 11.3 Å². The summed E-state index contributed by atoms with van der Waals surface area (Å²) in [7, 11) is 0. The first kappa shape index (κ1) is 27.8. The van der Waals surface area contributed by atoms with E-state index in [1.165, 1.54) is 41.8 Å². The summed E-state index contributed by atoms with van der Waals surface area (Å²) >= 11 is 0. The van der Waals surface area contributed by atoms with Gasteiger partial charge in [-0.1, -0.05) is 45.0 Å². The van der Waals surface area contributed by atoms with Gasteiger partial charge in [0.2, 0.25) is 0 Å². The quantitative estimate of drug-likeness (QED) is 0.207. The second-order valence-corrected chi connectivity index (χ2v) is 11.5. The first-order valence-electron chi connectivity index (χ1n) is 13.2. The van der Waals surface area contributed by atoms with Crippen molar-refractivity contribution in [3.8, 4) is 23.0 Å². The zero-order valence-corrected chi connectivity index (χ0v) is 22.6. The summed E-state index contributed by atoms with van der Waals surface area (Å²) in [6, 6.07) is 27.4. The molecule has 5 nitrogen and oxygen atoms in total. The molecule has 5 heteroatoms. The molecule has 1 aliphatic rings. The first-order valence-corrected chi connectivity index (χ1v) is 13.2. The van der Waals surface area contributed by atoms with Gasteiger partial charge in [-0.05, 0) is 115 Å². The molecule has 39 heavy (non-hydrogen) atoms. The fourth-order valence-electron chi connectivity index (χ4n) is 6.13. The average Bonchev–Trinajstić information content (AvgIpc) is 2.89. The van der Waals surface area contributed by atoms with Crippen molar-refractivity contribution in [2.24, 2.45) is 11.3 Å². The summed E-state index contributed by atoms with van der Waals surface area (Å²) in [4.78, 5) is 11.9. The lowest BCUT2D eigenvalue weighted by atomic mass is 9.55. The Morgan fingerprint density at radius 3 is 1.26 bits per heavy atom. The van der Waals surface area contributed by atoms with E-state index >= 15 is 0 Å². The molecule has 4 aromatic carbocycles. The number of aromatic hydroxyl groups is 4. The summed E-state index contributed by atoms with van der Waals surface area (Å²) in [6.45, 7) is 7.02. The van der Waals surface area contributed by atoms with E-state index in [-0.39, 0.29) is 28.1 Å². The van der Waals surface area contributed by atoms with Crippen molar-refractivity contribution in [2.45, 2.75) is 45.4 Å². The molecular formula is C34H36O5. The van der Waals surface area contributed by atoms with E-state index in [9.17, 15) is 15.0 Å². The van der Waals surface area contributed by atoms with Crippen molar-refractivity contribution in [3.05, 3.63) is 119 Å². The normalized spacial score (nSPS) is 17.5. The van der Waals surface area contributed by atoms with Crippen molar-refractivity contribution in [1.29, 1.82) is 0 Å². The average molecular weight is 525 g/mol. The lowest BCUT2D eigenvalue weighted by Crippen LogP contribution is -2.41. The van der Waals surface area contributed by atoms with Gasteiger partial charge in [-0.3, -0.25) is 4.79 Å². The summed E-state index contributed by atoms with van der Waals surface area (Å²) in [5.74, 6) is 1.35. The third-order valence-electron chi connectivity index (χ3n) is 7.48. The molecular weight excluding hydrogens is 488 g/mol. The Morgan fingerprint density at radius 1 is 0.590 bits per heavy atom. The van der Waals surface area contributed by atoms with Crippen LogP contribution in [0.5, 0.6) is 23.0 Å². The second-order valence-electron chi connectivity index (χ2n) is 11.5. The van der Waals surface area contributed by atoms with Crippen molar-refractivity contribution in [3.63, 3.8) is 0 Å². The molecule has 0 bridgehead atoms. The van der Waals surface area contributed by atoms with E-state index in [1.54, 1.807) is 48.5 Å². The Hall–Kier alpha value is -4.25. The van der Waals surface area contributed by atoms with E-state index in [4.69, 9.17) is 10.2 Å². The summed E-state index contributed by atoms with van der Waals surface area (Å²) in [6.07, 6.45) is 3.39. The molecule has 1 saturated carbocycles. The maximum atomic E-state index is 11.9. The van der Waals surface area contributed by atoms with Crippen LogP contribution in [0.4, 0.5) is 0 Å². The minimum Gasteiger partial charge on any atom is -0.508 e. The number of ketones is 1. The number of carbonyl (C=O) groups is 1. The number of hydrogen-bond acceptors (Lipinski definition) is 5. The number of hydrogen-bond donors (Lipinski definition) is 4. The molecule has 0 amide bonds. The Balaban J connectivity index is 0.000000193. The number of phenolic OH excluding ortho intramolecular Hbond substituents is 4. The molecule has 4 aromatic rings. The summed E-state index contributed by atoms with van der Waals surface area (Å²) in [5, 5.41) is 37.5. The fourth-order valence-corrected chi connectivity index (χ4v) is 6.13. The third-order valence-corrected chi connectivity index (χ3v) is 7.48. The van der Waals surface area contributed by atoms with E-state index in [0.717, 1.165) is 12.8 Å². The van der Waals surface area contributed by atoms with Crippen molar-refractivity contribution in [1.82, 2.24) is 0 Å². The second kappa shape index (κ2) is 11.2. The fraction of sp³-hybridized carbons (Fsp3) is 0.265. The van der Waals surface area contributed by atoms with Crippen LogP contribution in [0.2, 0.25) is 0 Å². The molecule has 1 atom stereocenters. The zero-order valence-electron chi connectivity index (χ0n) is 22.6. The van der Waals surface area contributed by atoms with Gasteiger partial charge < -0.3 is 20.4 Å². The van der Waals surface area contributed by atoms with Crippen molar-refractivity contribution in [2.75, 3.05) is 0 Å². The lowest BCUT2D eigenvalue weighted by molar-refractivity contribution is 0.103. The van der Waals surface area contributed by atoms with Gasteiger partial charge >= 0.3 is 0 Å². The zero-order chi connectivity index (χ0) is 28.2. The molecule has 0 aliphatic heterocycles. The van der Waals surface area contributed by atoms with Crippen molar-refractivity contribution >= 4 is 5.78 Å². The Bertz CT molecular complexity index is 1290. The van der Waals surface area contributed by atoms with Crippen LogP contribution in [-0.4, -0.2) is 26.2 Å². The van der Waals surface area contributed by atoms with Crippen LogP contribution in [0.15, 0.2) is 97.1 Å². The van der Waals surface area contributed by atoms with Gasteiger partial charge in [-0.25, -0.2) is 0 Å². The van der Waals surface area contributed by atoms with E-state index < -0.39 is 0 Å². The van der Waals surface area contributed by atoms with Gasteiger partial charge in [0.15, 0.2) is 5.78 Å². The highest BCUT2D eigenvalue weighted by atomic mass is 16.3. The van der Waals surface area contributed by atoms with Gasteiger partial charge in [0.05, 0.1) is 0 Å². The Labute approximate surface area is 230 Å². The molecule has 202 valence electrons. The van der Waals surface area contributed by atoms with Crippen LogP contribution in [0.25, 0.3) is 0 Å². The molecule has 0 spiro atoms. The third kappa shape index (κ3) is 6.61. The number of benzene rings is 4. The number of phenols is 4. The van der Waals surface area contributed by atoms with E-state index in [2.05, 4.69) is 45.0 Å². The Morgan fingerprint density at radius 2 is 0.923 bits per heavy atom. The maximum Gasteiger partial charge on any atom is 0.193 e. The van der Waals surface area contributed by atoms with Crippen LogP contribution in [0.3, 0.4) is 0 Å². The maximum absolute atomic E-state index is 11.9. The Kier molecular flexibility index (Phi) is 8.01. The molecule has 1 fully saturated rings. The standard InChI is InChI=1S/C21H26O2.C13H10O3/c1-15-12-20(2,3)14-21(13-15,16-4-8-18(22)9-5-16)17-6-10-19(23)11-7-17;14-11-5-1-9(2-6-11)13(16)10-3-7-12(15)8-4-10/h4-11,15,22-23H,12-14H2,1-3H3;1-8,14-15H. The molecule has 1 unspecified atom stereocenters. The topological polar surface area (TPSA) is 98.0 Å². The van der Waals surface area contributed by atoms with Crippen LogP contribution in [0.1, 0.15) is 67.1 Å². The highest BCUT2D eigenvalue weighted by Crippen LogP contribution is 2.53. The van der Waals surface area contributed by atoms with Crippen LogP contribution in [-0.2, 0) is 5.41 Å². The molecule has 0 aromatic heterocycles. The number of carbonyl (C=O) groups excluding carboxylic acids is 1. The van der Waals surface area contributed by atoms with Gasteiger partial charge in [0.25, 0.3) is 0 Å². The van der Waals surface area contributed by atoms with Gasteiger partial charge in [-0.15, -0.1) is 0 Å². The lowest BCUT2D eigenvalue weighted by Gasteiger charge is -2.48. The largest absolute Gasteiger partial charge is 0.508 e. The molecule has 0 heterocycles. The molecule has 1 aliphatic carbocycles. The monoisotopic (exact) mass is 524 g/mol. The van der Waals surface area contributed by atoms with E-state index in [1.807, 2.05) is 0 Å². The van der Waals surface area contributed by atoms with Crippen LogP contribution >= 0.6 is 0 Å². The van der Waals surface area contributed by atoms with Crippen LogP contribution < -0.4 is 0 Å². The SMILES string of the molecule is CC1CC(C)(C)CC(c2ccc(O)cc2)(c2ccc(O)cc2)C1.O=C(c1ccc(O)cc1)c1ccc(O)cc1. The summed E-state index contributed by atoms with van der Waals surface area (Å²) in [5.41, 5.74) is 3.70. The van der Waals surface area contributed by atoms with Gasteiger partial charge in [0.1, 0.15) is 23.0 Å². The van der Waals surface area contributed by atoms with Gasteiger partial charge in [0, 0.05) is 16.5 Å². The highest BCUT2D eigenvalue weighted by molar-refractivity contribution is 6.09. The first-order chi connectivity index (χ1) is 18.5. The molecule has 0 radical (unpaired) electrons.